The lowest BCUT2D eigenvalue weighted by molar-refractivity contribution is 0.102. The van der Waals surface area contributed by atoms with E-state index in [0.29, 0.717) is 21.4 Å². The second-order valence-corrected chi connectivity index (χ2v) is 5.34. The number of ketones is 1. The molecule has 0 aliphatic heterocycles. The van der Waals surface area contributed by atoms with Gasteiger partial charge in [-0.15, -0.1) is 0 Å². The standard InChI is InChI=1S/C11H9Br2N3O/c1-16-10(9(13)5-15-16)11(17)6-2-7(12)4-8(14)3-6/h2-5H,14H2,1H3. The van der Waals surface area contributed by atoms with E-state index in [1.54, 1.807) is 31.4 Å². The van der Waals surface area contributed by atoms with E-state index < -0.39 is 0 Å². The Balaban J connectivity index is 2.51. The van der Waals surface area contributed by atoms with Gasteiger partial charge in [-0.1, -0.05) is 15.9 Å². The second-order valence-electron chi connectivity index (χ2n) is 3.57. The van der Waals surface area contributed by atoms with Gasteiger partial charge < -0.3 is 5.73 Å². The van der Waals surface area contributed by atoms with Gasteiger partial charge in [0.05, 0.1) is 10.7 Å². The predicted molar refractivity (Wildman–Crippen MR) is 72.9 cm³/mol. The van der Waals surface area contributed by atoms with Gasteiger partial charge >= 0.3 is 0 Å². The second kappa shape index (κ2) is 4.62. The van der Waals surface area contributed by atoms with Crippen molar-refractivity contribution in [2.24, 2.45) is 7.05 Å². The number of rotatable bonds is 2. The van der Waals surface area contributed by atoms with Crippen molar-refractivity contribution in [3.05, 3.63) is 44.6 Å². The molecule has 0 unspecified atom stereocenters. The minimum Gasteiger partial charge on any atom is -0.399 e. The first kappa shape index (κ1) is 12.3. The third-order valence-electron chi connectivity index (χ3n) is 2.29. The maximum atomic E-state index is 12.3. The summed E-state index contributed by atoms with van der Waals surface area (Å²) in [6.45, 7) is 0. The van der Waals surface area contributed by atoms with Gasteiger partial charge in [-0.05, 0) is 34.1 Å². The van der Waals surface area contributed by atoms with Crippen molar-refractivity contribution in [2.75, 3.05) is 5.73 Å². The number of aryl methyl sites for hydroxylation is 1. The van der Waals surface area contributed by atoms with Gasteiger partial charge in [0.25, 0.3) is 0 Å². The maximum Gasteiger partial charge on any atom is 0.212 e. The van der Waals surface area contributed by atoms with Crippen molar-refractivity contribution in [2.45, 2.75) is 0 Å². The third kappa shape index (κ3) is 2.42. The Bertz CT molecular complexity index is 553. The van der Waals surface area contributed by atoms with Gasteiger partial charge in [0.1, 0.15) is 5.69 Å². The Morgan fingerprint density at radius 1 is 1.35 bits per heavy atom. The monoisotopic (exact) mass is 357 g/mol. The number of hydrogen-bond donors (Lipinski definition) is 1. The average molecular weight is 359 g/mol. The van der Waals surface area contributed by atoms with E-state index in [1.807, 2.05) is 0 Å². The highest BCUT2D eigenvalue weighted by atomic mass is 79.9. The minimum absolute atomic E-state index is 0.120. The van der Waals surface area contributed by atoms with Gasteiger partial charge in [0, 0.05) is 22.8 Å². The molecule has 0 fully saturated rings. The molecule has 0 atom stereocenters. The molecule has 2 N–H and O–H groups in total. The number of nitrogens with zero attached hydrogens (tertiary/aromatic N) is 2. The number of nitrogens with two attached hydrogens (primary N) is 1. The summed E-state index contributed by atoms with van der Waals surface area (Å²) in [5.41, 5.74) is 7.28. The highest BCUT2D eigenvalue weighted by Gasteiger charge is 2.17. The van der Waals surface area contributed by atoms with Crippen LogP contribution >= 0.6 is 31.9 Å². The Hall–Kier alpha value is -1.14. The molecule has 4 nitrogen and oxygen atoms in total. The van der Waals surface area contributed by atoms with Crippen LogP contribution in [0.15, 0.2) is 33.3 Å². The molecule has 0 amide bonds. The lowest BCUT2D eigenvalue weighted by Gasteiger charge is -2.04. The lowest BCUT2D eigenvalue weighted by Crippen LogP contribution is -2.09. The topological polar surface area (TPSA) is 60.9 Å². The van der Waals surface area contributed by atoms with Crippen molar-refractivity contribution in [1.82, 2.24) is 9.78 Å². The van der Waals surface area contributed by atoms with Crippen molar-refractivity contribution >= 4 is 43.3 Å². The average Bonchev–Trinajstić information content (AvgIpc) is 2.56. The first-order valence-electron chi connectivity index (χ1n) is 4.77. The zero-order valence-corrected chi connectivity index (χ0v) is 12.1. The fourth-order valence-corrected chi connectivity index (χ4v) is 2.59. The number of nitrogen functional groups attached to an aromatic ring is 1. The molecule has 88 valence electrons. The van der Waals surface area contributed by atoms with Crippen LogP contribution in [-0.4, -0.2) is 15.6 Å². The van der Waals surface area contributed by atoms with Crippen molar-refractivity contribution < 1.29 is 4.79 Å². The Labute approximate surface area is 115 Å². The summed E-state index contributed by atoms with van der Waals surface area (Å²) >= 11 is 6.62. The molecule has 0 bridgehead atoms. The molecule has 17 heavy (non-hydrogen) atoms. The van der Waals surface area contributed by atoms with Crippen molar-refractivity contribution in [3.63, 3.8) is 0 Å². The predicted octanol–water partition coefficient (Wildman–Crippen LogP) is 2.76. The van der Waals surface area contributed by atoms with Gasteiger partial charge in [0.2, 0.25) is 5.78 Å². The molecule has 0 saturated heterocycles. The number of carbonyl (C=O) groups excluding carboxylic acids is 1. The summed E-state index contributed by atoms with van der Waals surface area (Å²) in [6.07, 6.45) is 1.59. The van der Waals surface area contributed by atoms with Crippen LogP contribution in [0.1, 0.15) is 16.1 Å². The van der Waals surface area contributed by atoms with Crippen LogP contribution in [-0.2, 0) is 7.05 Å². The highest BCUT2D eigenvalue weighted by molar-refractivity contribution is 9.10. The molecule has 1 aromatic carbocycles. The third-order valence-corrected chi connectivity index (χ3v) is 3.33. The summed E-state index contributed by atoms with van der Waals surface area (Å²) in [7, 11) is 1.72. The van der Waals surface area contributed by atoms with Crippen LogP contribution in [0.5, 0.6) is 0 Å². The summed E-state index contributed by atoms with van der Waals surface area (Å²) in [4.78, 5) is 12.3. The van der Waals surface area contributed by atoms with E-state index in [4.69, 9.17) is 5.73 Å². The van der Waals surface area contributed by atoms with Crippen LogP contribution in [0.4, 0.5) is 5.69 Å². The molecule has 0 radical (unpaired) electrons. The summed E-state index contributed by atoms with van der Waals surface area (Å²) in [5.74, 6) is -0.120. The fourth-order valence-electron chi connectivity index (χ4n) is 1.55. The van der Waals surface area contributed by atoms with Gasteiger partial charge in [0.15, 0.2) is 0 Å². The molecule has 2 rings (SSSR count). The number of benzene rings is 1. The molecular weight excluding hydrogens is 350 g/mol. The number of carbonyl (C=O) groups is 1. The zero-order valence-electron chi connectivity index (χ0n) is 8.95. The van der Waals surface area contributed by atoms with Crippen molar-refractivity contribution in [1.29, 1.82) is 0 Å². The van der Waals surface area contributed by atoms with Gasteiger partial charge in [-0.3, -0.25) is 9.48 Å². The van der Waals surface area contributed by atoms with Gasteiger partial charge in [-0.25, -0.2) is 0 Å². The smallest absolute Gasteiger partial charge is 0.212 e. The zero-order chi connectivity index (χ0) is 12.6. The van der Waals surface area contributed by atoms with Crippen LogP contribution < -0.4 is 5.73 Å². The Morgan fingerprint density at radius 2 is 2.06 bits per heavy atom. The van der Waals surface area contributed by atoms with Crippen LogP contribution in [0.2, 0.25) is 0 Å². The molecule has 0 aliphatic carbocycles. The molecule has 0 saturated carbocycles. The quantitative estimate of drug-likeness (QED) is 0.663. The summed E-state index contributed by atoms with van der Waals surface area (Å²) in [6, 6.07) is 5.12. The largest absolute Gasteiger partial charge is 0.399 e. The summed E-state index contributed by atoms with van der Waals surface area (Å²) in [5, 5.41) is 4.01. The van der Waals surface area contributed by atoms with Crippen LogP contribution in [0.3, 0.4) is 0 Å². The highest BCUT2D eigenvalue weighted by Crippen LogP contribution is 2.23. The molecule has 6 heteroatoms. The molecule has 1 aromatic heterocycles. The number of aromatic nitrogens is 2. The fraction of sp³-hybridized carbons (Fsp3) is 0.0909. The summed E-state index contributed by atoms with van der Waals surface area (Å²) < 4.78 is 2.98. The first-order chi connectivity index (χ1) is 7.99. The lowest BCUT2D eigenvalue weighted by atomic mass is 10.1. The van der Waals surface area contributed by atoms with Crippen molar-refractivity contribution in [3.8, 4) is 0 Å². The number of anilines is 1. The maximum absolute atomic E-state index is 12.3. The first-order valence-corrected chi connectivity index (χ1v) is 6.36. The van der Waals surface area contributed by atoms with E-state index in [2.05, 4.69) is 37.0 Å². The Kier molecular flexibility index (Phi) is 3.35. The van der Waals surface area contributed by atoms with E-state index in [9.17, 15) is 4.79 Å². The normalized spacial score (nSPS) is 10.5. The van der Waals surface area contributed by atoms with E-state index in [0.717, 1.165) is 4.47 Å². The molecule has 0 spiro atoms. The van der Waals surface area contributed by atoms with E-state index >= 15 is 0 Å². The molecule has 2 aromatic rings. The minimum atomic E-state index is -0.120. The SMILES string of the molecule is Cn1ncc(Br)c1C(=O)c1cc(N)cc(Br)c1. The van der Waals surface area contributed by atoms with Crippen LogP contribution in [0, 0.1) is 0 Å². The molecule has 1 heterocycles. The number of halogens is 2. The van der Waals surface area contributed by atoms with Crippen LogP contribution in [0.25, 0.3) is 0 Å². The van der Waals surface area contributed by atoms with E-state index in [1.165, 1.54) is 4.68 Å². The number of hydrogen-bond acceptors (Lipinski definition) is 3. The molecular formula is C11H9Br2N3O. The van der Waals surface area contributed by atoms with Gasteiger partial charge in [-0.2, -0.15) is 5.10 Å². The molecule has 0 aliphatic rings. The Morgan fingerprint density at radius 3 is 2.59 bits per heavy atom. The van der Waals surface area contributed by atoms with E-state index in [-0.39, 0.29) is 5.78 Å².